The van der Waals surface area contributed by atoms with E-state index in [1.165, 1.54) is 0 Å². The zero-order valence-electron chi connectivity index (χ0n) is 12.6. The van der Waals surface area contributed by atoms with E-state index < -0.39 is 35.8 Å². The predicted octanol–water partition coefficient (Wildman–Crippen LogP) is -1.61. The van der Waals surface area contributed by atoms with Crippen LogP contribution in [0.15, 0.2) is 0 Å². The Morgan fingerprint density at radius 1 is 0.818 bits per heavy atom. The van der Waals surface area contributed by atoms with Gasteiger partial charge in [0.1, 0.15) is 12.1 Å². The van der Waals surface area contributed by atoms with Gasteiger partial charge in [0.25, 0.3) is 11.8 Å². The molecule has 2 amide bonds. The lowest BCUT2D eigenvalue weighted by molar-refractivity contribution is -0.161. The first-order valence-electron chi connectivity index (χ1n) is 6.83. The average Bonchev–Trinajstić information content (AvgIpc) is 2.49. The van der Waals surface area contributed by atoms with E-state index >= 15 is 0 Å². The molecule has 10 heteroatoms. The van der Waals surface area contributed by atoms with E-state index in [2.05, 4.69) is 9.68 Å². The summed E-state index contributed by atoms with van der Waals surface area (Å²) < 4.78 is 0. The molecule has 10 nitrogen and oxygen atoms in total. The summed E-state index contributed by atoms with van der Waals surface area (Å²) in [6.45, 7) is 3.52. The molecule has 0 aromatic rings. The van der Waals surface area contributed by atoms with Crippen LogP contribution in [0.3, 0.4) is 0 Å². The normalized spacial score (nSPS) is 12.7. The van der Waals surface area contributed by atoms with Gasteiger partial charge in [-0.3, -0.25) is 9.59 Å². The molecule has 0 aliphatic heterocycles. The number of hydrogen-bond donors (Lipinski definition) is 4. The Bertz CT molecular complexity index is 376. The van der Waals surface area contributed by atoms with Gasteiger partial charge in [0.2, 0.25) is 0 Å². The summed E-state index contributed by atoms with van der Waals surface area (Å²) in [7, 11) is 0. The van der Waals surface area contributed by atoms with Crippen LogP contribution in [0, 0.1) is 0 Å². The Morgan fingerprint density at radius 3 is 1.41 bits per heavy atom. The maximum atomic E-state index is 11.6. The van der Waals surface area contributed by atoms with Crippen LogP contribution in [0.4, 0.5) is 0 Å². The minimum absolute atomic E-state index is 0.120. The Balaban J connectivity index is 4.24. The highest BCUT2D eigenvalue weighted by Gasteiger charge is 2.29. The van der Waals surface area contributed by atoms with E-state index in [-0.39, 0.29) is 12.8 Å². The van der Waals surface area contributed by atoms with Crippen molar-refractivity contribution in [1.29, 1.82) is 0 Å². The van der Waals surface area contributed by atoms with Gasteiger partial charge in [-0.2, -0.15) is 11.0 Å². The molecule has 0 aromatic heterocycles. The maximum absolute atomic E-state index is 11.6. The summed E-state index contributed by atoms with van der Waals surface area (Å²) in [4.78, 5) is 54.1. The quantitative estimate of drug-likeness (QED) is 0.407. The maximum Gasteiger partial charge on any atom is 0.332 e. The zero-order chi connectivity index (χ0) is 17.1. The van der Waals surface area contributed by atoms with Gasteiger partial charge < -0.3 is 21.1 Å². The van der Waals surface area contributed by atoms with E-state index in [9.17, 15) is 19.2 Å². The summed E-state index contributed by atoms with van der Waals surface area (Å²) in [5.41, 5.74) is 14.5. The highest BCUT2D eigenvalue weighted by atomic mass is 16.7. The van der Waals surface area contributed by atoms with Crippen molar-refractivity contribution in [2.24, 2.45) is 11.5 Å². The largest absolute Gasteiger partial charge is 0.341 e. The number of amides is 2. The number of hydroxylamine groups is 2. The monoisotopic (exact) mass is 318 g/mol. The second kappa shape index (κ2) is 10.5. The van der Waals surface area contributed by atoms with Crippen molar-refractivity contribution in [1.82, 2.24) is 11.0 Å². The van der Waals surface area contributed by atoms with E-state index in [1.807, 2.05) is 0 Å². The van der Waals surface area contributed by atoms with Crippen molar-refractivity contribution < 1.29 is 28.9 Å². The van der Waals surface area contributed by atoms with Crippen LogP contribution in [0.5, 0.6) is 0 Å². The third-order valence-corrected chi connectivity index (χ3v) is 2.43. The first-order valence-corrected chi connectivity index (χ1v) is 6.83. The van der Waals surface area contributed by atoms with Crippen molar-refractivity contribution in [2.45, 2.75) is 51.6 Å². The molecule has 0 saturated heterocycles. The lowest BCUT2D eigenvalue weighted by Crippen LogP contribution is -2.58. The minimum Gasteiger partial charge on any atom is -0.341 e. The summed E-state index contributed by atoms with van der Waals surface area (Å²) >= 11 is 0. The number of nitrogens with two attached hydrogens (primary N) is 2. The Kier molecular flexibility index (Phi) is 9.46. The van der Waals surface area contributed by atoms with Gasteiger partial charge in [-0.1, -0.05) is 13.8 Å². The smallest absolute Gasteiger partial charge is 0.332 e. The summed E-state index contributed by atoms with van der Waals surface area (Å²) in [5, 5.41) is 0. The van der Waals surface area contributed by atoms with Crippen LogP contribution in [-0.2, 0) is 28.9 Å². The second-order valence-electron chi connectivity index (χ2n) is 4.43. The molecular weight excluding hydrogens is 296 g/mol. The van der Waals surface area contributed by atoms with Gasteiger partial charge >= 0.3 is 11.9 Å². The van der Waals surface area contributed by atoms with Crippen LogP contribution in [-0.4, -0.2) is 35.8 Å². The number of rotatable bonds is 7. The Hall–Kier alpha value is -2.20. The standard InChI is InChI=1S/C12H22N4O6/c1-3-5-7(17)21-15-11(19)9(13)10(14)12(20)16-22-8(18)6-4-2/h9-10H,3-6,13-14H2,1-2H3,(H,15,19)(H,16,20)/t9-,10+. The minimum atomic E-state index is -1.49. The fraction of sp³-hybridized carbons (Fsp3) is 0.667. The number of carbonyl (C=O) groups is 4. The molecule has 0 fully saturated rings. The molecule has 0 aromatic carbocycles. The molecule has 2 atom stereocenters. The molecule has 126 valence electrons. The summed E-state index contributed by atoms with van der Waals surface area (Å²) in [6.07, 6.45) is 1.34. The molecule has 0 rings (SSSR count). The van der Waals surface area contributed by atoms with Crippen molar-refractivity contribution in [3.63, 3.8) is 0 Å². The number of carbonyl (C=O) groups excluding carboxylic acids is 4. The zero-order valence-corrected chi connectivity index (χ0v) is 12.6. The van der Waals surface area contributed by atoms with Gasteiger partial charge in [0, 0.05) is 12.8 Å². The number of hydrogen-bond acceptors (Lipinski definition) is 8. The molecular formula is C12H22N4O6. The summed E-state index contributed by atoms with van der Waals surface area (Å²) in [5.74, 6) is -3.19. The van der Waals surface area contributed by atoms with Crippen molar-refractivity contribution >= 4 is 23.8 Å². The molecule has 0 radical (unpaired) electrons. The first-order chi connectivity index (χ1) is 10.3. The topological polar surface area (TPSA) is 163 Å². The lowest BCUT2D eigenvalue weighted by atomic mass is 10.1. The van der Waals surface area contributed by atoms with Crippen LogP contribution in [0.2, 0.25) is 0 Å². The fourth-order valence-corrected chi connectivity index (χ4v) is 1.19. The SMILES string of the molecule is CCCC(=O)ONC(=O)[C@@H](N)[C@@H](N)C(=O)NOC(=O)CCC. The Morgan fingerprint density at radius 2 is 1.14 bits per heavy atom. The Labute approximate surface area is 127 Å². The second-order valence-corrected chi connectivity index (χ2v) is 4.43. The molecule has 0 saturated carbocycles. The molecule has 0 aliphatic carbocycles. The van der Waals surface area contributed by atoms with E-state index in [0.717, 1.165) is 0 Å². The number of nitrogens with one attached hydrogen (secondary N) is 2. The fourth-order valence-electron chi connectivity index (χ4n) is 1.19. The molecule has 0 spiro atoms. The van der Waals surface area contributed by atoms with Crippen LogP contribution >= 0.6 is 0 Å². The van der Waals surface area contributed by atoms with Crippen molar-refractivity contribution in [3.8, 4) is 0 Å². The molecule has 0 aliphatic rings. The van der Waals surface area contributed by atoms with Crippen LogP contribution in [0.1, 0.15) is 39.5 Å². The van der Waals surface area contributed by atoms with Gasteiger partial charge in [-0.15, -0.1) is 0 Å². The van der Waals surface area contributed by atoms with Crippen molar-refractivity contribution in [3.05, 3.63) is 0 Å². The van der Waals surface area contributed by atoms with E-state index in [0.29, 0.717) is 12.8 Å². The molecule has 0 unspecified atom stereocenters. The van der Waals surface area contributed by atoms with Gasteiger partial charge in [0.05, 0.1) is 0 Å². The molecule has 0 bridgehead atoms. The summed E-state index contributed by atoms with van der Waals surface area (Å²) in [6, 6.07) is -2.97. The highest BCUT2D eigenvalue weighted by Crippen LogP contribution is 1.93. The predicted molar refractivity (Wildman–Crippen MR) is 74.2 cm³/mol. The third kappa shape index (κ3) is 7.55. The van der Waals surface area contributed by atoms with E-state index in [4.69, 9.17) is 11.5 Å². The third-order valence-electron chi connectivity index (χ3n) is 2.43. The highest BCUT2D eigenvalue weighted by molar-refractivity contribution is 5.92. The average molecular weight is 318 g/mol. The van der Waals surface area contributed by atoms with Gasteiger partial charge in [0.15, 0.2) is 0 Å². The molecule has 0 heterocycles. The molecule has 22 heavy (non-hydrogen) atoms. The molecule has 6 N–H and O–H groups in total. The van der Waals surface area contributed by atoms with Crippen molar-refractivity contribution in [2.75, 3.05) is 0 Å². The van der Waals surface area contributed by atoms with Gasteiger partial charge in [-0.05, 0) is 12.8 Å². The van der Waals surface area contributed by atoms with Gasteiger partial charge in [-0.25, -0.2) is 9.59 Å². The lowest BCUT2D eigenvalue weighted by Gasteiger charge is -2.17. The first kappa shape index (κ1) is 19.8. The van der Waals surface area contributed by atoms with E-state index in [1.54, 1.807) is 24.8 Å². The van der Waals surface area contributed by atoms with Crippen LogP contribution < -0.4 is 22.4 Å². The van der Waals surface area contributed by atoms with Crippen LogP contribution in [0.25, 0.3) is 0 Å².